The number of nitrogens with zero attached hydrogens (tertiary/aromatic N) is 2. The molecule has 1 aromatic rings. The third-order valence-corrected chi connectivity index (χ3v) is 5.72. The molecule has 0 amide bonds. The van der Waals surface area contributed by atoms with Crippen LogP contribution in [0.15, 0.2) is 29.2 Å². The number of benzene rings is 1. The van der Waals surface area contributed by atoms with E-state index in [4.69, 9.17) is 11.6 Å². The SMILES string of the molecule is CCCCN1CCN(S(=O)(=O)c2cccc(Cl)c2)CC1. The maximum Gasteiger partial charge on any atom is 0.243 e. The molecule has 1 aliphatic heterocycles. The highest BCUT2D eigenvalue weighted by Crippen LogP contribution is 2.20. The number of hydrogen-bond acceptors (Lipinski definition) is 3. The Morgan fingerprint density at radius 3 is 2.50 bits per heavy atom. The number of sulfonamides is 1. The van der Waals surface area contributed by atoms with E-state index in [2.05, 4.69) is 11.8 Å². The van der Waals surface area contributed by atoms with Crippen LogP contribution < -0.4 is 0 Å². The molecule has 0 atom stereocenters. The van der Waals surface area contributed by atoms with Gasteiger partial charge in [0, 0.05) is 31.2 Å². The highest BCUT2D eigenvalue weighted by Gasteiger charge is 2.28. The fourth-order valence-corrected chi connectivity index (χ4v) is 4.08. The van der Waals surface area contributed by atoms with Crippen LogP contribution in [0.25, 0.3) is 0 Å². The lowest BCUT2D eigenvalue weighted by Gasteiger charge is -2.33. The Bertz CT molecular complexity index is 540. The minimum atomic E-state index is -3.41. The van der Waals surface area contributed by atoms with E-state index in [0.29, 0.717) is 18.1 Å². The van der Waals surface area contributed by atoms with Gasteiger partial charge in [-0.15, -0.1) is 0 Å². The van der Waals surface area contributed by atoms with Crippen molar-refractivity contribution in [2.45, 2.75) is 24.7 Å². The fourth-order valence-electron chi connectivity index (χ4n) is 2.35. The molecule has 0 aromatic heterocycles. The largest absolute Gasteiger partial charge is 0.301 e. The lowest BCUT2D eigenvalue weighted by molar-refractivity contribution is 0.186. The maximum absolute atomic E-state index is 12.5. The predicted molar refractivity (Wildman–Crippen MR) is 81.6 cm³/mol. The molecule has 1 aromatic carbocycles. The van der Waals surface area contributed by atoms with Gasteiger partial charge >= 0.3 is 0 Å². The molecule has 0 bridgehead atoms. The van der Waals surface area contributed by atoms with Crippen LogP contribution in [0, 0.1) is 0 Å². The fraction of sp³-hybridized carbons (Fsp3) is 0.571. The summed E-state index contributed by atoms with van der Waals surface area (Å²) in [6.45, 7) is 5.94. The quantitative estimate of drug-likeness (QED) is 0.838. The van der Waals surface area contributed by atoms with Gasteiger partial charge in [0.25, 0.3) is 0 Å². The van der Waals surface area contributed by atoms with Gasteiger partial charge in [-0.3, -0.25) is 0 Å². The van der Waals surface area contributed by atoms with Gasteiger partial charge in [0.15, 0.2) is 0 Å². The lowest BCUT2D eigenvalue weighted by Crippen LogP contribution is -2.48. The average Bonchev–Trinajstić information content (AvgIpc) is 2.45. The molecule has 1 heterocycles. The van der Waals surface area contributed by atoms with Gasteiger partial charge < -0.3 is 4.90 Å². The minimum absolute atomic E-state index is 0.284. The number of hydrogen-bond donors (Lipinski definition) is 0. The summed E-state index contributed by atoms with van der Waals surface area (Å²) in [5, 5.41) is 0.452. The number of unbranched alkanes of at least 4 members (excludes halogenated alkanes) is 1. The number of rotatable bonds is 5. The van der Waals surface area contributed by atoms with Crippen LogP contribution in [0.4, 0.5) is 0 Å². The summed E-state index contributed by atoms with van der Waals surface area (Å²) in [4.78, 5) is 2.61. The van der Waals surface area contributed by atoms with Gasteiger partial charge in [0.2, 0.25) is 10.0 Å². The molecule has 0 unspecified atom stereocenters. The van der Waals surface area contributed by atoms with Crippen LogP contribution >= 0.6 is 11.6 Å². The Hall–Kier alpha value is -0.620. The number of piperazine rings is 1. The van der Waals surface area contributed by atoms with Crippen LogP contribution in [0.1, 0.15) is 19.8 Å². The van der Waals surface area contributed by atoms with Gasteiger partial charge in [0.1, 0.15) is 0 Å². The van der Waals surface area contributed by atoms with Gasteiger partial charge in [-0.1, -0.05) is 31.0 Å². The molecule has 1 aliphatic rings. The van der Waals surface area contributed by atoms with Crippen LogP contribution in [0.5, 0.6) is 0 Å². The first kappa shape index (κ1) is 15.8. The molecular weight excluding hydrogens is 296 g/mol. The van der Waals surface area contributed by atoms with Crippen molar-refractivity contribution >= 4 is 21.6 Å². The van der Waals surface area contributed by atoms with E-state index < -0.39 is 10.0 Å². The molecular formula is C14H21ClN2O2S. The molecule has 20 heavy (non-hydrogen) atoms. The summed E-state index contributed by atoms with van der Waals surface area (Å²) in [5.74, 6) is 0. The van der Waals surface area contributed by atoms with Crippen molar-refractivity contribution in [2.24, 2.45) is 0 Å². The van der Waals surface area contributed by atoms with Gasteiger partial charge in [0.05, 0.1) is 4.90 Å². The summed E-state index contributed by atoms with van der Waals surface area (Å²) in [6.07, 6.45) is 2.34. The van der Waals surface area contributed by atoms with Crippen LogP contribution in [-0.2, 0) is 10.0 Å². The molecule has 4 nitrogen and oxygen atoms in total. The Balaban J connectivity index is 2.02. The molecule has 0 radical (unpaired) electrons. The van der Waals surface area contributed by atoms with Crippen LogP contribution in [0.2, 0.25) is 5.02 Å². The Labute approximate surface area is 126 Å². The summed E-state index contributed by atoms with van der Waals surface area (Å²) in [7, 11) is -3.41. The zero-order valence-electron chi connectivity index (χ0n) is 11.8. The van der Waals surface area contributed by atoms with Crippen molar-refractivity contribution < 1.29 is 8.42 Å². The van der Waals surface area contributed by atoms with Crippen molar-refractivity contribution in [3.63, 3.8) is 0 Å². The summed E-state index contributed by atoms with van der Waals surface area (Å²) in [5.41, 5.74) is 0. The van der Waals surface area contributed by atoms with E-state index in [1.807, 2.05) is 0 Å². The zero-order valence-corrected chi connectivity index (χ0v) is 13.3. The summed E-state index contributed by atoms with van der Waals surface area (Å²) in [6, 6.07) is 6.47. The number of halogens is 1. The summed E-state index contributed by atoms with van der Waals surface area (Å²) >= 11 is 5.88. The minimum Gasteiger partial charge on any atom is -0.301 e. The van der Waals surface area contributed by atoms with Crippen molar-refractivity contribution in [1.29, 1.82) is 0 Å². The lowest BCUT2D eigenvalue weighted by atomic mass is 10.3. The smallest absolute Gasteiger partial charge is 0.243 e. The van der Waals surface area contributed by atoms with Gasteiger partial charge in [-0.25, -0.2) is 8.42 Å². The molecule has 1 saturated heterocycles. The third kappa shape index (κ3) is 3.73. The van der Waals surface area contributed by atoms with E-state index in [1.165, 1.54) is 18.9 Å². The van der Waals surface area contributed by atoms with E-state index in [1.54, 1.807) is 22.5 Å². The van der Waals surface area contributed by atoms with Crippen LogP contribution in [-0.4, -0.2) is 50.3 Å². The van der Waals surface area contributed by atoms with E-state index >= 15 is 0 Å². The molecule has 0 spiro atoms. The molecule has 0 N–H and O–H groups in total. The molecule has 6 heteroatoms. The Morgan fingerprint density at radius 2 is 1.90 bits per heavy atom. The van der Waals surface area contributed by atoms with Gasteiger partial charge in [-0.2, -0.15) is 4.31 Å². The van der Waals surface area contributed by atoms with E-state index in [9.17, 15) is 8.42 Å². The molecule has 112 valence electrons. The topological polar surface area (TPSA) is 40.6 Å². The monoisotopic (exact) mass is 316 g/mol. The second-order valence-corrected chi connectivity index (χ2v) is 7.43. The second kappa shape index (κ2) is 6.89. The van der Waals surface area contributed by atoms with Crippen molar-refractivity contribution in [3.8, 4) is 0 Å². The Kier molecular flexibility index (Phi) is 5.43. The second-order valence-electron chi connectivity index (χ2n) is 5.06. The first-order valence-corrected chi connectivity index (χ1v) is 8.84. The third-order valence-electron chi connectivity index (χ3n) is 3.59. The van der Waals surface area contributed by atoms with Crippen LogP contribution in [0.3, 0.4) is 0 Å². The molecule has 2 rings (SSSR count). The molecule has 0 saturated carbocycles. The van der Waals surface area contributed by atoms with Crippen molar-refractivity contribution in [2.75, 3.05) is 32.7 Å². The van der Waals surface area contributed by atoms with Crippen molar-refractivity contribution in [3.05, 3.63) is 29.3 Å². The van der Waals surface area contributed by atoms with Crippen molar-refractivity contribution in [1.82, 2.24) is 9.21 Å². The Morgan fingerprint density at radius 1 is 1.20 bits per heavy atom. The highest BCUT2D eigenvalue weighted by molar-refractivity contribution is 7.89. The normalized spacial score (nSPS) is 18.3. The van der Waals surface area contributed by atoms with Gasteiger partial charge in [-0.05, 0) is 31.2 Å². The van der Waals surface area contributed by atoms with E-state index in [-0.39, 0.29) is 4.90 Å². The highest BCUT2D eigenvalue weighted by atomic mass is 35.5. The first-order valence-electron chi connectivity index (χ1n) is 7.02. The zero-order chi connectivity index (χ0) is 14.6. The molecule has 1 fully saturated rings. The first-order chi connectivity index (χ1) is 9.54. The molecule has 0 aliphatic carbocycles. The standard InChI is InChI=1S/C14H21ClN2O2S/c1-2-3-7-16-8-10-17(11-9-16)20(18,19)14-6-4-5-13(15)12-14/h4-6,12H,2-3,7-11H2,1H3. The predicted octanol–water partition coefficient (Wildman–Crippen LogP) is 2.45. The van der Waals surface area contributed by atoms with E-state index in [0.717, 1.165) is 19.6 Å². The maximum atomic E-state index is 12.5. The average molecular weight is 317 g/mol. The summed E-state index contributed by atoms with van der Waals surface area (Å²) < 4.78 is 26.6.